The molecule has 17 nitrogen and oxygen atoms in total. The third-order valence-electron chi connectivity index (χ3n) is 15.3. The van der Waals surface area contributed by atoms with Crippen LogP contribution in [0.5, 0.6) is 5.75 Å². The van der Waals surface area contributed by atoms with Crippen LogP contribution in [0.2, 0.25) is 18.1 Å². The zero-order valence-corrected chi connectivity index (χ0v) is 45.4. The Bertz CT molecular complexity index is 2830. The van der Waals surface area contributed by atoms with E-state index in [9.17, 15) is 9.59 Å². The number of methoxy groups -OCH3 is 1. The van der Waals surface area contributed by atoms with Crippen LogP contribution in [0.15, 0.2) is 107 Å². The first-order chi connectivity index (χ1) is 34.5. The minimum absolute atomic E-state index is 0.0253. The summed E-state index contributed by atoms with van der Waals surface area (Å²) in [5.74, 6) is -0.0792. The maximum atomic E-state index is 14.3. The molecule has 0 aliphatic carbocycles. The number of fused-ring (bicyclic) bond motifs is 2. The van der Waals surface area contributed by atoms with E-state index in [4.69, 9.17) is 53.8 Å². The summed E-state index contributed by atoms with van der Waals surface area (Å²) in [6, 6.07) is 30.9. The topological polar surface area (TPSA) is 205 Å². The summed E-state index contributed by atoms with van der Waals surface area (Å²) in [4.78, 5) is 36.6. The first kappa shape index (κ1) is 52.9. The van der Waals surface area contributed by atoms with Gasteiger partial charge in [-0.15, -0.1) is 0 Å². The van der Waals surface area contributed by atoms with Crippen LogP contribution in [-0.2, 0) is 55.5 Å². The summed E-state index contributed by atoms with van der Waals surface area (Å²) < 4.78 is 62.1. The quantitative estimate of drug-likeness (QED) is 0.0632. The van der Waals surface area contributed by atoms with Crippen molar-refractivity contribution in [3.8, 4) is 5.75 Å². The van der Waals surface area contributed by atoms with Crippen LogP contribution in [0.25, 0.3) is 0 Å². The van der Waals surface area contributed by atoms with Crippen molar-refractivity contribution in [1.82, 2.24) is 19.1 Å². The molecule has 19 heteroatoms. The lowest BCUT2D eigenvalue weighted by atomic mass is 9.80. The molecule has 0 bridgehead atoms. The summed E-state index contributed by atoms with van der Waals surface area (Å²) >= 11 is 1.50. The van der Waals surface area contributed by atoms with E-state index >= 15 is 0 Å². The molecule has 0 radical (unpaired) electrons. The van der Waals surface area contributed by atoms with E-state index in [0.717, 1.165) is 16.7 Å². The largest absolute Gasteiger partial charge is 0.497 e. The molecule has 4 saturated heterocycles. The van der Waals surface area contributed by atoms with Crippen molar-refractivity contribution >= 4 is 31.7 Å². The Morgan fingerprint density at radius 2 is 1.16 bits per heavy atom. The molecule has 4 aliphatic heterocycles. The number of hydrogen-bond donors (Lipinski definition) is 2. The smallest absolute Gasteiger partial charge is 0.352 e. The first-order valence-corrected chi connectivity index (χ1v) is 29.0. The molecule has 4 aliphatic rings. The number of rotatable bonds is 18. The molecular formula is C54H70N6O11SSi. The molecule has 73 heavy (non-hydrogen) atoms. The van der Waals surface area contributed by atoms with Crippen molar-refractivity contribution in [1.29, 1.82) is 0 Å². The van der Waals surface area contributed by atoms with Crippen LogP contribution < -0.4 is 27.6 Å². The van der Waals surface area contributed by atoms with Gasteiger partial charge in [0, 0.05) is 29.3 Å². The Labute approximate surface area is 432 Å². The summed E-state index contributed by atoms with van der Waals surface area (Å²) in [6.07, 6.45) is -5.42. The van der Waals surface area contributed by atoms with E-state index < -0.39 is 86.0 Å². The molecular weight excluding hydrogens is 969 g/mol. The lowest BCUT2D eigenvalue weighted by Crippen LogP contribution is -2.47. The number of aromatic nitrogens is 4. The Morgan fingerprint density at radius 3 is 1.68 bits per heavy atom. The van der Waals surface area contributed by atoms with Crippen molar-refractivity contribution in [2.75, 3.05) is 30.9 Å². The molecule has 392 valence electrons. The minimum atomic E-state index is -2.26. The second kappa shape index (κ2) is 20.3. The highest BCUT2D eigenvalue weighted by Gasteiger charge is 2.58. The number of hydrogen-bond acceptors (Lipinski definition) is 16. The number of nitrogen functional groups attached to an aromatic ring is 2. The van der Waals surface area contributed by atoms with E-state index in [2.05, 4.69) is 50.8 Å². The monoisotopic (exact) mass is 1040 g/mol. The fraction of sp³-hybridized carbons (Fsp3) is 0.519. The van der Waals surface area contributed by atoms with Gasteiger partial charge in [-0.2, -0.15) is 21.7 Å². The molecule has 4 fully saturated rings. The lowest BCUT2D eigenvalue weighted by Gasteiger charge is -2.43. The highest BCUT2D eigenvalue weighted by atomic mass is 32.2. The van der Waals surface area contributed by atoms with Gasteiger partial charge in [0.15, 0.2) is 32.3 Å². The fourth-order valence-electron chi connectivity index (χ4n) is 10.4. The maximum absolute atomic E-state index is 14.3. The molecule has 2 aromatic heterocycles. The zero-order valence-electron chi connectivity index (χ0n) is 43.6. The van der Waals surface area contributed by atoms with Crippen LogP contribution in [0.3, 0.4) is 0 Å². The summed E-state index contributed by atoms with van der Waals surface area (Å²) in [5.41, 5.74) is 13.8. The normalized spacial score (nSPS) is 25.5. The molecule has 0 amide bonds. The standard InChI is InChI=1S/C54H70N6O11SSi/c1-32(2)51(3,4)73(10,11)65-29-39-43-45(70-52(5,6)68-43)48(66-39)60-37(27-42(56)58-50(60)62)30-72-31-40-44-46(71-53(7,8)69-44)47(67-40)59-36(26-41(55)57-49(59)61)28-64-54(33-18-14-12-15-19-33,34-20-16-13-17-21-34)35-22-24-38(63-9)25-23-35/h12-27,32,39-40,43-48H,28-31H2,1-11H3,(H2,55,57,61)(H2,56,58,62)/t39-,40-,43-,44-,45-,46-,47-,48-/m1/s1. The van der Waals surface area contributed by atoms with Crippen LogP contribution in [0.1, 0.15) is 95.9 Å². The van der Waals surface area contributed by atoms with Gasteiger partial charge in [-0.1, -0.05) is 100 Å². The Hall–Kier alpha value is -4.93. The zero-order chi connectivity index (χ0) is 52.3. The van der Waals surface area contributed by atoms with Gasteiger partial charge in [0.05, 0.1) is 32.1 Å². The predicted octanol–water partition coefficient (Wildman–Crippen LogP) is 7.91. The maximum Gasteiger partial charge on any atom is 0.352 e. The van der Waals surface area contributed by atoms with Crippen molar-refractivity contribution in [2.45, 2.75) is 152 Å². The average Bonchev–Trinajstić information content (AvgIpc) is 4.04. The van der Waals surface area contributed by atoms with Crippen molar-refractivity contribution in [3.63, 3.8) is 0 Å². The van der Waals surface area contributed by atoms with E-state index in [-0.39, 0.29) is 29.9 Å². The first-order valence-electron chi connectivity index (χ1n) is 24.9. The van der Waals surface area contributed by atoms with Crippen molar-refractivity contribution < 1.29 is 42.3 Å². The van der Waals surface area contributed by atoms with Gasteiger partial charge >= 0.3 is 11.4 Å². The van der Waals surface area contributed by atoms with Crippen LogP contribution >= 0.6 is 11.8 Å². The number of nitrogens with two attached hydrogens (primary N) is 2. The van der Waals surface area contributed by atoms with Gasteiger partial charge in [0.1, 0.15) is 53.5 Å². The Balaban J connectivity index is 0.988. The van der Waals surface area contributed by atoms with Gasteiger partial charge in [-0.3, -0.25) is 9.13 Å². The van der Waals surface area contributed by atoms with Crippen molar-refractivity contribution in [2.24, 2.45) is 5.92 Å². The van der Waals surface area contributed by atoms with E-state index in [1.807, 2.05) is 113 Å². The number of nitrogens with zero attached hydrogens (tertiary/aromatic N) is 4. The minimum Gasteiger partial charge on any atom is -0.497 e. The Morgan fingerprint density at radius 1 is 0.699 bits per heavy atom. The second-order valence-corrected chi connectivity index (χ2v) is 27.2. The predicted molar refractivity (Wildman–Crippen MR) is 280 cm³/mol. The van der Waals surface area contributed by atoms with E-state index in [1.54, 1.807) is 19.2 Å². The molecule has 5 aromatic rings. The molecule has 6 heterocycles. The third kappa shape index (κ3) is 10.3. The number of thioether (sulfide) groups is 1. The Kier molecular flexibility index (Phi) is 14.7. The number of anilines is 2. The van der Waals surface area contributed by atoms with Crippen LogP contribution in [-0.4, -0.2) is 95.1 Å². The van der Waals surface area contributed by atoms with Gasteiger partial charge in [0.2, 0.25) is 0 Å². The molecule has 4 N–H and O–H groups in total. The SMILES string of the molecule is COc1ccc(C(OCc2cc(N)nc(=O)n2[C@@H]2O[C@H](CSCc3cc(N)nc(=O)n3[C@@H]3O[C@H](CO[Si](C)(C)C(C)(C)C(C)C)[C@H]4OC(C)(C)O[C@H]43)[C@H]3OC(C)(C)O[C@H]32)(c2ccccc2)c2ccccc2)cc1. The molecule has 9 rings (SSSR count). The summed E-state index contributed by atoms with van der Waals surface area (Å²) in [6.45, 7) is 21.0. The molecule has 8 atom stereocenters. The van der Waals surface area contributed by atoms with Crippen LogP contribution in [0, 0.1) is 5.92 Å². The van der Waals surface area contributed by atoms with E-state index in [0.29, 0.717) is 34.6 Å². The average molecular weight is 1040 g/mol. The van der Waals surface area contributed by atoms with Crippen molar-refractivity contribution in [3.05, 3.63) is 146 Å². The molecule has 3 aromatic carbocycles. The lowest BCUT2D eigenvalue weighted by molar-refractivity contribution is -0.200. The molecule has 0 unspecified atom stereocenters. The summed E-state index contributed by atoms with van der Waals surface area (Å²) in [7, 11) is -0.631. The molecule has 0 spiro atoms. The van der Waals surface area contributed by atoms with Gasteiger partial charge < -0.3 is 53.8 Å². The van der Waals surface area contributed by atoms with Crippen LogP contribution in [0.4, 0.5) is 11.6 Å². The summed E-state index contributed by atoms with van der Waals surface area (Å²) in [5, 5.41) is -0.0253. The third-order valence-corrected chi connectivity index (χ3v) is 20.9. The van der Waals surface area contributed by atoms with Gasteiger partial charge in [-0.25, -0.2) is 9.59 Å². The molecule has 0 saturated carbocycles. The van der Waals surface area contributed by atoms with E-state index in [1.165, 1.54) is 20.9 Å². The second-order valence-electron chi connectivity index (χ2n) is 21.6. The fourth-order valence-corrected chi connectivity index (χ4v) is 13.8. The highest BCUT2D eigenvalue weighted by molar-refractivity contribution is 7.98. The highest BCUT2D eigenvalue weighted by Crippen LogP contribution is 2.49. The number of ether oxygens (including phenoxy) is 8. The van der Waals surface area contributed by atoms with Gasteiger partial charge in [-0.05, 0) is 80.6 Å². The number of benzene rings is 3. The van der Waals surface area contributed by atoms with Gasteiger partial charge in [0.25, 0.3) is 0 Å².